The maximum atomic E-state index is 12.7. The lowest BCUT2D eigenvalue weighted by Gasteiger charge is -2.24. The maximum Gasteiger partial charge on any atom is 0.251 e. The van der Waals surface area contributed by atoms with Gasteiger partial charge in [0.05, 0.1) is 15.2 Å². The summed E-state index contributed by atoms with van der Waals surface area (Å²) < 4.78 is 53.8. The summed E-state index contributed by atoms with van der Waals surface area (Å²) in [5.41, 5.74) is 5.32. The van der Waals surface area contributed by atoms with Crippen molar-refractivity contribution in [2.24, 2.45) is 0 Å². The fourth-order valence-corrected chi connectivity index (χ4v) is 5.72. The Morgan fingerprint density at radius 2 is 1.61 bits per heavy atom. The Balaban J connectivity index is 1.72. The highest BCUT2D eigenvalue weighted by molar-refractivity contribution is 7.91. The summed E-state index contributed by atoms with van der Waals surface area (Å²) >= 11 is 0. The van der Waals surface area contributed by atoms with Crippen LogP contribution in [-0.4, -0.2) is 44.5 Å². The fraction of sp³-hybridized carbons (Fsp3) is 0.194. The minimum absolute atomic E-state index is 0.214. The van der Waals surface area contributed by atoms with E-state index in [1.165, 1.54) is 12.5 Å². The number of hydrogen-bond acceptors (Lipinski definition) is 8. The molecule has 0 saturated carbocycles. The number of pyridine rings is 1. The third-order valence-corrected chi connectivity index (χ3v) is 10.4. The molecule has 3 aromatic carbocycles. The Hall–Kier alpha value is -4.15. The number of fused-ring (bicyclic) bond motifs is 1. The van der Waals surface area contributed by atoms with E-state index in [4.69, 9.17) is 4.52 Å². The normalized spacial score (nSPS) is 13.0. The van der Waals surface area contributed by atoms with Crippen LogP contribution in [0.4, 0.5) is 0 Å². The van der Waals surface area contributed by atoms with Crippen LogP contribution < -0.4 is 0 Å². The number of sulfone groups is 2. The molecule has 5 rings (SSSR count). The van der Waals surface area contributed by atoms with Crippen molar-refractivity contribution in [1.29, 1.82) is 0 Å². The van der Waals surface area contributed by atoms with Gasteiger partial charge in [-0.2, -0.15) is 4.98 Å². The smallest absolute Gasteiger partial charge is 0.251 e. The van der Waals surface area contributed by atoms with Crippen LogP contribution in [0.5, 0.6) is 0 Å². The molecule has 8 nitrogen and oxygen atoms in total. The minimum atomic E-state index is -3.42. The zero-order chi connectivity index (χ0) is 29.6. The van der Waals surface area contributed by atoms with Gasteiger partial charge in [0.15, 0.2) is 25.5 Å². The molecule has 0 unspecified atom stereocenters. The van der Waals surface area contributed by atoms with Crippen LogP contribution in [0.25, 0.3) is 33.7 Å². The van der Waals surface area contributed by atoms with E-state index < -0.39 is 24.4 Å². The molecule has 0 N–H and O–H groups in total. The summed E-state index contributed by atoms with van der Waals surface area (Å²) in [7, 11) is -6.79. The molecule has 0 aliphatic heterocycles. The van der Waals surface area contributed by atoms with E-state index in [0.29, 0.717) is 17.3 Å². The standard InChI is InChI=1S/C31H29N3O5S2/c1-20-33-29(39-34-20)19-27(21-11-13-26(14-12-21)40(4,35)36)22-8-6-9-23(16-22)28-18-25(31(2,3)41(5,37)38)17-24-10-7-15-32-30(24)28/h6-19H,1-5H3/b27-19+. The summed E-state index contributed by atoms with van der Waals surface area (Å²) in [6.45, 7) is 5.13. The lowest BCUT2D eigenvalue weighted by molar-refractivity contribution is 0.405. The van der Waals surface area contributed by atoms with Crippen LogP contribution in [0, 0.1) is 6.92 Å². The number of aromatic nitrogens is 3. The van der Waals surface area contributed by atoms with Crippen LogP contribution in [0.1, 0.15) is 42.3 Å². The molecular weight excluding hydrogens is 558 g/mol. The maximum absolute atomic E-state index is 12.7. The average Bonchev–Trinajstić information content (AvgIpc) is 3.34. The van der Waals surface area contributed by atoms with E-state index in [-0.39, 0.29) is 4.90 Å². The van der Waals surface area contributed by atoms with Crippen LogP contribution in [0.2, 0.25) is 0 Å². The SMILES string of the molecule is Cc1noc(/C=C(\c2ccc(S(C)(=O)=O)cc2)c2cccc(-c3cc(C(C)(C)S(C)(=O)=O)cc4cccnc34)c2)n1. The Morgan fingerprint density at radius 3 is 2.24 bits per heavy atom. The summed E-state index contributed by atoms with van der Waals surface area (Å²) in [5.74, 6) is 0.790. The molecular formula is C31H29N3O5S2. The van der Waals surface area contributed by atoms with E-state index in [0.717, 1.165) is 38.7 Å². The Labute approximate surface area is 239 Å². The molecule has 41 heavy (non-hydrogen) atoms. The topological polar surface area (TPSA) is 120 Å². The lowest BCUT2D eigenvalue weighted by atomic mass is 9.91. The van der Waals surface area contributed by atoms with Crippen molar-refractivity contribution in [2.75, 3.05) is 12.5 Å². The third-order valence-electron chi connectivity index (χ3n) is 7.22. The summed E-state index contributed by atoms with van der Waals surface area (Å²) in [4.78, 5) is 9.16. The van der Waals surface area contributed by atoms with Gasteiger partial charge in [0, 0.05) is 35.7 Å². The van der Waals surface area contributed by atoms with E-state index in [1.54, 1.807) is 57.3 Å². The molecule has 0 spiro atoms. The van der Waals surface area contributed by atoms with Crippen molar-refractivity contribution in [3.8, 4) is 11.1 Å². The fourth-order valence-electron chi connectivity index (χ4n) is 4.54. The predicted molar refractivity (Wildman–Crippen MR) is 161 cm³/mol. The summed E-state index contributed by atoms with van der Waals surface area (Å²) in [6.07, 6.45) is 5.88. The first-order chi connectivity index (χ1) is 19.2. The second-order valence-electron chi connectivity index (χ2n) is 10.5. The zero-order valence-corrected chi connectivity index (χ0v) is 24.9. The van der Waals surface area contributed by atoms with Crippen molar-refractivity contribution in [3.05, 3.63) is 107 Å². The van der Waals surface area contributed by atoms with E-state index in [2.05, 4.69) is 15.1 Å². The van der Waals surface area contributed by atoms with Gasteiger partial charge in [0.1, 0.15) is 0 Å². The molecule has 0 bridgehead atoms. The van der Waals surface area contributed by atoms with Crippen LogP contribution >= 0.6 is 0 Å². The second-order valence-corrected chi connectivity index (χ2v) is 15.1. The first-order valence-electron chi connectivity index (χ1n) is 12.8. The second kappa shape index (κ2) is 10.4. The van der Waals surface area contributed by atoms with Crippen molar-refractivity contribution < 1.29 is 21.4 Å². The minimum Gasteiger partial charge on any atom is -0.335 e. The predicted octanol–water partition coefficient (Wildman–Crippen LogP) is 5.87. The number of hydrogen-bond donors (Lipinski definition) is 0. The van der Waals surface area contributed by atoms with Gasteiger partial charge in [-0.05, 0) is 85.0 Å². The molecule has 0 saturated heterocycles. The van der Waals surface area contributed by atoms with E-state index >= 15 is 0 Å². The van der Waals surface area contributed by atoms with Gasteiger partial charge in [-0.1, -0.05) is 41.6 Å². The molecule has 0 fully saturated rings. The van der Waals surface area contributed by atoms with Crippen molar-refractivity contribution >= 4 is 42.2 Å². The van der Waals surface area contributed by atoms with Gasteiger partial charge in [-0.15, -0.1) is 0 Å². The molecule has 2 aromatic heterocycles. The highest BCUT2D eigenvalue weighted by atomic mass is 32.2. The summed E-state index contributed by atoms with van der Waals surface area (Å²) in [6, 6.07) is 21.9. The number of aryl methyl sites for hydroxylation is 1. The van der Waals surface area contributed by atoms with Crippen LogP contribution in [0.15, 0.2) is 88.4 Å². The third kappa shape index (κ3) is 5.71. The Morgan fingerprint density at radius 1 is 0.878 bits per heavy atom. The van der Waals surface area contributed by atoms with Crippen molar-refractivity contribution in [1.82, 2.24) is 15.1 Å². The largest absolute Gasteiger partial charge is 0.335 e. The van der Waals surface area contributed by atoms with Gasteiger partial charge >= 0.3 is 0 Å². The van der Waals surface area contributed by atoms with E-state index in [1.807, 2.05) is 48.5 Å². The zero-order valence-electron chi connectivity index (χ0n) is 23.3. The molecule has 10 heteroatoms. The van der Waals surface area contributed by atoms with E-state index in [9.17, 15) is 16.8 Å². The number of benzene rings is 3. The Kier molecular flexibility index (Phi) is 7.17. The quantitative estimate of drug-likeness (QED) is 0.232. The molecule has 2 heterocycles. The number of nitrogens with zero attached hydrogens (tertiary/aromatic N) is 3. The highest BCUT2D eigenvalue weighted by Crippen LogP contribution is 2.37. The van der Waals surface area contributed by atoms with Gasteiger partial charge in [-0.3, -0.25) is 4.98 Å². The van der Waals surface area contributed by atoms with Gasteiger partial charge < -0.3 is 4.52 Å². The highest BCUT2D eigenvalue weighted by Gasteiger charge is 2.33. The van der Waals surface area contributed by atoms with Crippen molar-refractivity contribution in [2.45, 2.75) is 30.4 Å². The molecule has 210 valence electrons. The molecule has 5 aromatic rings. The van der Waals surface area contributed by atoms with Gasteiger partial charge in [-0.25, -0.2) is 16.8 Å². The molecule has 0 aliphatic rings. The Bertz CT molecular complexity index is 2030. The molecule has 0 amide bonds. The van der Waals surface area contributed by atoms with Gasteiger partial charge in [0.25, 0.3) is 5.89 Å². The summed E-state index contributed by atoms with van der Waals surface area (Å²) in [5, 5.41) is 4.72. The lowest BCUT2D eigenvalue weighted by Crippen LogP contribution is -2.28. The monoisotopic (exact) mass is 587 g/mol. The van der Waals surface area contributed by atoms with Crippen molar-refractivity contribution in [3.63, 3.8) is 0 Å². The van der Waals surface area contributed by atoms with Crippen LogP contribution in [0.3, 0.4) is 0 Å². The first kappa shape index (κ1) is 28.4. The number of rotatable bonds is 7. The average molecular weight is 588 g/mol. The van der Waals surface area contributed by atoms with Crippen LogP contribution in [-0.2, 0) is 24.4 Å². The molecule has 0 aliphatic carbocycles. The van der Waals surface area contributed by atoms with Gasteiger partial charge in [0.2, 0.25) is 0 Å². The molecule has 0 radical (unpaired) electrons. The first-order valence-corrected chi connectivity index (χ1v) is 16.5. The molecule has 0 atom stereocenters.